The Labute approximate surface area is 130 Å². The fourth-order valence-electron chi connectivity index (χ4n) is 2.60. The van der Waals surface area contributed by atoms with E-state index in [9.17, 15) is 10.2 Å². The van der Waals surface area contributed by atoms with Gasteiger partial charge in [0, 0.05) is 0 Å². The second-order valence-corrected chi connectivity index (χ2v) is 6.06. The highest BCUT2D eigenvalue weighted by atomic mass is 16.3. The minimum absolute atomic E-state index is 0.174. The van der Waals surface area contributed by atoms with Gasteiger partial charge in [-0.2, -0.15) is 0 Å². The first-order valence-corrected chi connectivity index (χ1v) is 8.62. The molecule has 0 spiro atoms. The third kappa shape index (κ3) is 7.63. The van der Waals surface area contributed by atoms with Crippen molar-refractivity contribution in [3.8, 4) is 0 Å². The maximum Gasteiger partial charge on any atom is 0.0787 e. The van der Waals surface area contributed by atoms with Gasteiger partial charge in [-0.25, -0.2) is 0 Å². The Morgan fingerprint density at radius 2 is 1.52 bits per heavy atom. The van der Waals surface area contributed by atoms with E-state index < -0.39 is 0 Å². The average Bonchev–Trinajstić information content (AvgIpc) is 2.52. The second kappa shape index (κ2) is 10.8. The van der Waals surface area contributed by atoms with Gasteiger partial charge >= 0.3 is 0 Å². The van der Waals surface area contributed by atoms with E-state index in [1.165, 1.54) is 31.2 Å². The molecule has 0 fully saturated rings. The minimum Gasteiger partial charge on any atom is -0.393 e. The highest BCUT2D eigenvalue weighted by Gasteiger charge is 2.06. The van der Waals surface area contributed by atoms with E-state index >= 15 is 0 Å². The third-order valence-corrected chi connectivity index (χ3v) is 4.16. The quantitative estimate of drug-likeness (QED) is 0.576. The number of aryl methyl sites for hydroxylation is 1. The molecular formula is C19H32O2. The summed E-state index contributed by atoms with van der Waals surface area (Å²) in [5.41, 5.74) is 2.23. The molecule has 0 aliphatic carbocycles. The summed E-state index contributed by atoms with van der Waals surface area (Å²) in [6.45, 7) is 4.20. The van der Waals surface area contributed by atoms with E-state index in [-0.39, 0.29) is 12.2 Å². The van der Waals surface area contributed by atoms with Crippen LogP contribution in [0.1, 0.15) is 82.4 Å². The number of benzene rings is 1. The topological polar surface area (TPSA) is 40.5 Å². The van der Waals surface area contributed by atoms with E-state index in [0.29, 0.717) is 0 Å². The standard InChI is InChI=1S/C19H32O2/c1-3-5-6-7-8-9-18(20)15-12-16-10-13-17(14-11-16)19(21)4-2/h10-11,13-14,18-21H,3-9,12,15H2,1-2H3. The van der Waals surface area contributed by atoms with Crippen LogP contribution in [-0.4, -0.2) is 16.3 Å². The second-order valence-electron chi connectivity index (χ2n) is 6.06. The molecule has 0 aromatic heterocycles. The summed E-state index contributed by atoms with van der Waals surface area (Å²) in [6.07, 6.45) is 9.16. The van der Waals surface area contributed by atoms with Gasteiger partial charge in [0.05, 0.1) is 12.2 Å². The first-order valence-electron chi connectivity index (χ1n) is 8.62. The molecule has 2 unspecified atom stereocenters. The Kier molecular flexibility index (Phi) is 9.36. The molecule has 0 aliphatic rings. The molecule has 1 rings (SSSR count). The van der Waals surface area contributed by atoms with Crippen LogP contribution in [0.4, 0.5) is 0 Å². The van der Waals surface area contributed by atoms with Crippen LogP contribution in [0, 0.1) is 0 Å². The van der Waals surface area contributed by atoms with Crippen molar-refractivity contribution in [1.29, 1.82) is 0 Å². The molecule has 1 aromatic rings. The van der Waals surface area contributed by atoms with E-state index in [1.54, 1.807) is 0 Å². The zero-order chi connectivity index (χ0) is 15.5. The number of hydrogen-bond acceptors (Lipinski definition) is 2. The van der Waals surface area contributed by atoms with Gasteiger partial charge in [0.1, 0.15) is 0 Å². The number of aliphatic hydroxyl groups is 2. The minimum atomic E-state index is -0.354. The zero-order valence-corrected chi connectivity index (χ0v) is 13.7. The van der Waals surface area contributed by atoms with Crippen LogP contribution in [0.15, 0.2) is 24.3 Å². The number of rotatable bonds is 11. The van der Waals surface area contributed by atoms with Crippen LogP contribution in [0.3, 0.4) is 0 Å². The average molecular weight is 292 g/mol. The van der Waals surface area contributed by atoms with Gasteiger partial charge in [0.25, 0.3) is 0 Å². The molecule has 0 aliphatic heterocycles. The van der Waals surface area contributed by atoms with Crippen LogP contribution in [0.5, 0.6) is 0 Å². The first kappa shape index (κ1) is 18.2. The van der Waals surface area contributed by atoms with E-state index in [4.69, 9.17) is 0 Å². The lowest BCUT2D eigenvalue weighted by Gasteiger charge is -2.12. The molecular weight excluding hydrogens is 260 g/mol. The maximum atomic E-state index is 10.0. The van der Waals surface area contributed by atoms with E-state index in [1.807, 2.05) is 19.1 Å². The molecule has 0 bridgehead atoms. The van der Waals surface area contributed by atoms with Crippen LogP contribution in [-0.2, 0) is 6.42 Å². The molecule has 2 N–H and O–H groups in total. The molecule has 2 nitrogen and oxygen atoms in total. The summed E-state index contributed by atoms with van der Waals surface area (Å²) >= 11 is 0. The van der Waals surface area contributed by atoms with Crippen LogP contribution in [0.2, 0.25) is 0 Å². The molecule has 0 radical (unpaired) electrons. The summed E-state index contributed by atoms with van der Waals surface area (Å²) in [5.74, 6) is 0. The van der Waals surface area contributed by atoms with Gasteiger partial charge in [-0.3, -0.25) is 0 Å². The summed E-state index contributed by atoms with van der Waals surface area (Å²) in [7, 11) is 0. The van der Waals surface area contributed by atoms with Crippen LogP contribution < -0.4 is 0 Å². The summed E-state index contributed by atoms with van der Waals surface area (Å²) < 4.78 is 0. The Hall–Kier alpha value is -0.860. The monoisotopic (exact) mass is 292 g/mol. The summed E-state index contributed by atoms with van der Waals surface area (Å²) in [4.78, 5) is 0. The molecule has 120 valence electrons. The molecule has 2 atom stereocenters. The van der Waals surface area contributed by atoms with Gasteiger partial charge in [-0.15, -0.1) is 0 Å². The lowest BCUT2D eigenvalue weighted by Crippen LogP contribution is -2.08. The normalized spacial score (nSPS) is 14.1. The Morgan fingerprint density at radius 3 is 2.14 bits per heavy atom. The highest BCUT2D eigenvalue weighted by molar-refractivity contribution is 5.24. The Bertz CT molecular complexity index is 358. The van der Waals surface area contributed by atoms with E-state index in [0.717, 1.165) is 37.7 Å². The van der Waals surface area contributed by atoms with Crippen molar-refractivity contribution < 1.29 is 10.2 Å². The Balaban J connectivity index is 2.21. The lowest BCUT2D eigenvalue weighted by molar-refractivity contribution is 0.151. The number of aliphatic hydroxyl groups excluding tert-OH is 2. The van der Waals surface area contributed by atoms with Crippen LogP contribution >= 0.6 is 0 Å². The molecule has 1 aromatic carbocycles. The SMILES string of the molecule is CCCCCCCC(O)CCc1ccc(C(O)CC)cc1. The van der Waals surface area contributed by atoms with Crippen molar-refractivity contribution in [3.63, 3.8) is 0 Å². The van der Waals surface area contributed by atoms with Crippen molar-refractivity contribution in [2.45, 2.75) is 83.8 Å². The van der Waals surface area contributed by atoms with Gasteiger partial charge in [0.15, 0.2) is 0 Å². The highest BCUT2D eigenvalue weighted by Crippen LogP contribution is 2.18. The largest absolute Gasteiger partial charge is 0.393 e. The van der Waals surface area contributed by atoms with Gasteiger partial charge < -0.3 is 10.2 Å². The van der Waals surface area contributed by atoms with Crippen molar-refractivity contribution in [2.75, 3.05) is 0 Å². The lowest BCUT2D eigenvalue weighted by atomic mass is 10.00. The van der Waals surface area contributed by atoms with Gasteiger partial charge in [0.2, 0.25) is 0 Å². The molecule has 0 amide bonds. The van der Waals surface area contributed by atoms with Crippen LogP contribution in [0.25, 0.3) is 0 Å². The van der Waals surface area contributed by atoms with Gasteiger partial charge in [-0.1, -0.05) is 70.2 Å². The molecule has 0 heterocycles. The zero-order valence-electron chi connectivity index (χ0n) is 13.7. The van der Waals surface area contributed by atoms with E-state index in [2.05, 4.69) is 19.1 Å². The summed E-state index contributed by atoms with van der Waals surface area (Å²) in [6, 6.07) is 8.14. The third-order valence-electron chi connectivity index (χ3n) is 4.16. The fourth-order valence-corrected chi connectivity index (χ4v) is 2.60. The molecule has 21 heavy (non-hydrogen) atoms. The fraction of sp³-hybridized carbons (Fsp3) is 0.684. The predicted octanol–water partition coefficient (Wildman–Crippen LogP) is 4.78. The smallest absolute Gasteiger partial charge is 0.0787 e. The molecule has 0 saturated heterocycles. The molecule has 0 saturated carbocycles. The van der Waals surface area contributed by atoms with Crippen molar-refractivity contribution in [1.82, 2.24) is 0 Å². The number of hydrogen-bond donors (Lipinski definition) is 2. The predicted molar refractivity (Wildman–Crippen MR) is 89.4 cm³/mol. The van der Waals surface area contributed by atoms with Crippen molar-refractivity contribution in [2.24, 2.45) is 0 Å². The summed E-state index contributed by atoms with van der Waals surface area (Å²) in [5, 5.41) is 19.8. The van der Waals surface area contributed by atoms with Crippen molar-refractivity contribution in [3.05, 3.63) is 35.4 Å². The Morgan fingerprint density at radius 1 is 0.857 bits per heavy atom. The van der Waals surface area contributed by atoms with Gasteiger partial charge in [-0.05, 0) is 36.8 Å². The first-order chi connectivity index (χ1) is 10.2. The molecule has 2 heteroatoms. The maximum absolute atomic E-state index is 10.0. The van der Waals surface area contributed by atoms with Crippen molar-refractivity contribution >= 4 is 0 Å². The number of unbranched alkanes of at least 4 members (excludes halogenated alkanes) is 4.